The Kier molecular flexibility index (Phi) is 6.81. The number of fused-ring (bicyclic) bond motifs is 1. The lowest BCUT2D eigenvalue weighted by Crippen LogP contribution is -2.42. The molecule has 1 aromatic heterocycles. The van der Waals surface area contributed by atoms with Crippen LogP contribution in [-0.2, 0) is 16.1 Å². The van der Waals surface area contributed by atoms with Gasteiger partial charge in [-0.05, 0) is 30.4 Å². The number of carbonyl (C=O) groups excluding carboxylic acids is 3. The molecule has 1 aromatic rings. The zero-order valence-corrected chi connectivity index (χ0v) is 21.4. The van der Waals surface area contributed by atoms with Gasteiger partial charge in [0.25, 0.3) is 0 Å². The first kappa shape index (κ1) is 25.3. The van der Waals surface area contributed by atoms with E-state index in [1.54, 1.807) is 11.0 Å². The van der Waals surface area contributed by atoms with Crippen LogP contribution in [0.3, 0.4) is 0 Å². The first-order chi connectivity index (χ1) is 17.0. The largest absolute Gasteiger partial charge is 0.367 e. The highest BCUT2D eigenvalue weighted by molar-refractivity contribution is 6.09. The number of nitrogen functional groups attached to an aromatic ring is 1. The smallest absolute Gasteiger partial charge is 0.239 e. The molecular formula is C26H35N7O3. The van der Waals surface area contributed by atoms with Gasteiger partial charge in [0.05, 0.1) is 35.7 Å². The van der Waals surface area contributed by atoms with E-state index in [9.17, 15) is 14.4 Å². The molecule has 0 saturated heterocycles. The summed E-state index contributed by atoms with van der Waals surface area (Å²) in [6.07, 6.45) is 12.0. The number of Topliss-reactive ketones (excluding diaryl/α,β-unsaturated/α-hetero) is 1. The van der Waals surface area contributed by atoms with Crippen LogP contribution in [0.25, 0.3) is 5.57 Å². The molecule has 192 valence electrons. The van der Waals surface area contributed by atoms with Crippen molar-refractivity contribution in [2.75, 3.05) is 24.2 Å². The Balaban J connectivity index is 1.80. The second kappa shape index (κ2) is 9.69. The summed E-state index contributed by atoms with van der Waals surface area (Å²) in [6.45, 7) is 8.01. The Labute approximate surface area is 211 Å². The van der Waals surface area contributed by atoms with Crippen molar-refractivity contribution < 1.29 is 14.4 Å². The lowest BCUT2D eigenvalue weighted by Gasteiger charge is -2.29. The van der Waals surface area contributed by atoms with E-state index in [0.29, 0.717) is 47.0 Å². The fourth-order valence-corrected chi connectivity index (χ4v) is 4.59. The molecule has 0 saturated carbocycles. The molecule has 10 heteroatoms. The normalized spacial score (nSPS) is 17.5. The molecule has 6 N–H and O–H groups in total. The Hall–Kier alpha value is -3.79. The highest BCUT2D eigenvalue weighted by Crippen LogP contribution is 2.38. The van der Waals surface area contributed by atoms with E-state index in [1.165, 1.54) is 11.6 Å². The Bertz CT molecular complexity index is 1230. The average Bonchev–Trinajstić information content (AvgIpc) is 3.09. The van der Waals surface area contributed by atoms with Crippen molar-refractivity contribution in [1.29, 1.82) is 0 Å². The molecule has 4 rings (SSSR count). The predicted molar refractivity (Wildman–Crippen MR) is 139 cm³/mol. The number of rotatable bonds is 5. The second-order valence-corrected chi connectivity index (χ2v) is 10.5. The lowest BCUT2D eigenvalue weighted by atomic mass is 9.91. The number of nitrogens with one attached hydrogen (secondary N) is 2. The molecular weight excluding hydrogens is 458 g/mol. The number of amides is 2. The lowest BCUT2D eigenvalue weighted by molar-refractivity contribution is -0.133. The van der Waals surface area contributed by atoms with Crippen LogP contribution in [0.2, 0.25) is 0 Å². The predicted octanol–water partition coefficient (Wildman–Crippen LogP) is 2.36. The van der Waals surface area contributed by atoms with Crippen molar-refractivity contribution in [3.8, 4) is 0 Å². The van der Waals surface area contributed by atoms with Crippen LogP contribution < -0.4 is 22.3 Å². The van der Waals surface area contributed by atoms with E-state index < -0.39 is 0 Å². The minimum Gasteiger partial charge on any atom is -0.367 e. The summed E-state index contributed by atoms with van der Waals surface area (Å²) in [7, 11) is 0. The minimum atomic E-state index is -0.323. The van der Waals surface area contributed by atoms with Gasteiger partial charge in [-0.1, -0.05) is 39.0 Å². The number of hydrazine groups is 1. The van der Waals surface area contributed by atoms with E-state index in [4.69, 9.17) is 11.7 Å². The number of carbonyl (C=O) groups is 3. The summed E-state index contributed by atoms with van der Waals surface area (Å²) in [5.41, 5.74) is 3.62. The highest BCUT2D eigenvalue weighted by atomic mass is 16.2. The third-order valence-corrected chi connectivity index (χ3v) is 6.33. The number of nitrogens with two attached hydrogens (primary N) is 2. The maximum Gasteiger partial charge on any atom is 0.239 e. The number of hydrogen-bond acceptors (Lipinski definition) is 7. The van der Waals surface area contributed by atoms with Gasteiger partial charge in [-0.15, -0.1) is 0 Å². The standard InChI is InChI=1S/C26H35N7O3/c1-16(34)32(27)21-12-17(10-11-29-21)25-24(30-18-8-6-5-7-9-18)23-19(33(25)28)14-31(15-20(23)35)22(36)13-26(2,3)4/h6,8-10,12,29-30H,5,7,11,13-15,27-28H2,1-4H3. The third-order valence-electron chi connectivity index (χ3n) is 6.33. The molecule has 2 aliphatic heterocycles. The molecule has 0 bridgehead atoms. The molecule has 0 aromatic carbocycles. The second-order valence-electron chi connectivity index (χ2n) is 10.5. The molecule has 0 radical (unpaired) electrons. The fraction of sp³-hybridized carbons (Fsp3) is 0.423. The molecule has 1 aliphatic carbocycles. The zero-order valence-electron chi connectivity index (χ0n) is 21.4. The first-order valence-electron chi connectivity index (χ1n) is 12.1. The van der Waals surface area contributed by atoms with Gasteiger partial charge in [-0.3, -0.25) is 19.1 Å². The molecule has 0 fully saturated rings. The number of ketones is 1. The van der Waals surface area contributed by atoms with Gasteiger partial charge in [-0.2, -0.15) is 0 Å². The van der Waals surface area contributed by atoms with Crippen molar-refractivity contribution in [2.24, 2.45) is 11.3 Å². The van der Waals surface area contributed by atoms with Gasteiger partial charge in [-0.25, -0.2) is 10.9 Å². The van der Waals surface area contributed by atoms with Gasteiger partial charge >= 0.3 is 0 Å². The van der Waals surface area contributed by atoms with Crippen LogP contribution in [0, 0.1) is 5.41 Å². The van der Waals surface area contributed by atoms with Crippen LogP contribution in [0.1, 0.15) is 68.7 Å². The quantitative estimate of drug-likeness (QED) is 0.281. The van der Waals surface area contributed by atoms with Crippen molar-refractivity contribution in [3.63, 3.8) is 0 Å². The van der Waals surface area contributed by atoms with Crippen LogP contribution in [0.4, 0.5) is 5.69 Å². The molecule has 10 nitrogen and oxygen atoms in total. The summed E-state index contributed by atoms with van der Waals surface area (Å²) in [5, 5.41) is 7.54. The molecule has 0 spiro atoms. The van der Waals surface area contributed by atoms with E-state index in [1.807, 2.05) is 32.9 Å². The molecule has 3 heterocycles. The van der Waals surface area contributed by atoms with Gasteiger partial charge in [0.2, 0.25) is 11.8 Å². The van der Waals surface area contributed by atoms with Crippen molar-refractivity contribution in [2.45, 2.75) is 53.5 Å². The summed E-state index contributed by atoms with van der Waals surface area (Å²) >= 11 is 0. The van der Waals surface area contributed by atoms with Crippen molar-refractivity contribution >= 4 is 28.9 Å². The number of hydrogen-bond donors (Lipinski definition) is 4. The van der Waals surface area contributed by atoms with Crippen LogP contribution >= 0.6 is 0 Å². The molecule has 0 unspecified atom stereocenters. The van der Waals surface area contributed by atoms with Gasteiger partial charge in [0.15, 0.2) is 5.78 Å². The number of aromatic nitrogens is 1. The fourth-order valence-electron chi connectivity index (χ4n) is 4.59. The number of allylic oxidation sites excluding steroid dienone is 5. The molecule has 0 atom stereocenters. The SMILES string of the molecule is CC(=O)N(N)C1=CC(c2c(NC3=CCCC=C3)c3c(n2N)CN(C(=O)CC(C)(C)C)CC3=O)=CCN1. The third kappa shape index (κ3) is 5.08. The van der Waals surface area contributed by atoms with Crippen LogP contribution in [0.15, 0.2) is 41.9 Å². The summed E-state index contributed by atoms with van der Waals surface area (Å²) < 4.78 is 1.49. The van der Waals surface area contributed by atoms with Crippen molar-refractivity contribution in [1.82, 2.24) is 19.9 Å². The average molecular weight is 494 g/mol. The first-order valence-corrected chi connectivity index (χ1v) is 12.1. The Morgan fingerprint density at radius 3 is 2.58 bits per heavy atom. The number of anilines is 1. The highest BCUT2D eigenvalue weighted by Gasteiger charge is 2.36. The summed E-state index contributed by atoms with van der Waals surface area (Å²) in [4.78, 5) is 39.9. The number of nitrogens with zero attached hydrogens (tertiary/aromatic N) is 3. The molecule has 3 aliphatic rings. The zero-order chi connectivity index (χ0) is 26.2. The van der Waals surface area contributed by atoms with E-state index in [0.717, 1.165) is 23.5 Å². The minimum absolute atomic E-state index is 0.00244. The van der Waals surface area contributed by atoms with Crippen molar-refractivity contribution in [3.05, 3.63) is 58.8 Å². The van der Waals surface area contributed by atoms with Gasteiger partial charge in [0, 0.05) is 31.2 Å². The Morgan fingerprint density at radius 2 is 1.94 bits per heavy atom. The monoisotopic (exact) mass is 493 g/mol. The van der Waals surface area contributed by atoms with Crippen LogP contribution in [-0.4, -0.2) is 45.3 Å². The Morgan fingerprint density at radius 1 is 1.19 bits per heavy atom. The van der Waals surface area contributed by atoms with E-state index in [-0.39, 0.29) is 36.1 Å². The van der Waals surface area contributed by atoms with Gasteiger partial charge in [0.1, 0.15) is 5.82 Å². The molecule has 36 heavy (non-hydrogen) atoms. The summed E-state index contributed by atoms with van der Waals surface area (Å²) in [5.74, 6) is 12.4. The topological polar surface area (TPSA) is 139 Å². The van der Waals surface area contributed by atoms with Gasteiger partial charge < -0.3 is 21.4 Å². The summed E-state index contributed by atoms with van der Waals surface area (Å²) in [6, 6.07) is 0. The number of dihydropyridines is 1. The van der Waals surface area contributed by atoms with E-state index in [2.05, 4.69) is 22.8 Å². The maximum absolute atomic E-state index is 13.5. The van der Waals surface area contributed by atoms with E-state index >= 15 is 0 Å². The molecule has 2 amide bonds. The van der Waals surface area contributed by atoms with Crippen LogP contribution in [0.5, 0.6) is 0 Å². The maximum atomic E-state index is 13.5.